The van der Waals surface area contributed by atoms with Crippen LogP contribution >= 0.6 is 0 Å². The Morgan fingerprint density at radius 1 is 1.18 bits per heavy atom. The molecule has 0 N–H and O–H groups in total. The maximum Gasteiger partial charge on any atom is 0.337 e. The van der Waals surface area contributed by atoms with Gasteiger partial charge in [0.1, 0.15) is 18.2 Å². The van der Waals surface area contributed by atoms with E-state index in [1.807, 2.05) is 12.1 Å². The van der Waals surface area contributed by atoms with Gasteiger partial charge in [-0.05, 0) is 54.5 Å². The van der Waals surface area contributed by atoms with E-state index >= 15 is 0 Å². The highest BCUT2D eigenvalue weighted by atomic mass is 19.1. The second-order valence-corrected chi connectivity index (χ2v) is 11.5. The minimum Gasteiger partial charge on any atom is -0.473 e. The molecule has 0 spiro atoms. The van der Waals surface area contributed by atoms with E-state index in [-0.39, 0.29) is 24.4 Å². The monoisotopic (exact) mass is 594 g/mol. The van der Waals surface area contributed by atoms with Crippen LogP contribution in [0.3, 0.4) is 0 Å². The summed E-state index contributed by atoms with van der Waals surface area (Å²) in [5, 5.41) is 0. The molecule has 11 heteroatoms. The molecule has 2 aromatic carbocycles. The lowest BCUT2D eigenvalue weighted by molar-refractivity contribution is -0.0591. The largest absolute Gasteiger partial charge is 0.473 e. The van der Waals surface area contributed by atoms with E-state index in [0.717, 1.165) is 55.0 Å². The fourth-order valence-corrected chi connectivity index (χ4v) is 6.32. The van der Waals surface area contributed by atoms with Crippen LogP contribution in [0.5, 0.6) is 5.88 Å². The van der Waals surface area contributed by atoms with E-state index in [0.29, 0.717) is 47.8 Å². The first-order valence-electron chi connectivity index (χ1n) is 14.7. The Bertz CT molecular complexity index is 1810. The Kier molecular flexibility index (Phi) is 7.54. The summed E-state index contributed by atoms with van der Waals surface area (Å²) in [4.78, 5) is 32.0. The molecule has 3 atom stereocenters. The number of imidazole rings is 1. The quantitative estimate of drug-likeness (QED) is 0.193. The SMILES string of the molecule is [C-]#[N+]c1ccc(COc2ccnc(C3=CC4CN(Cc5nc6ccc(C(=O)OC)cc6n5C[C@@H]5CCO5)CC4C3)n2)c(F)c1. The van der Waals surface area contributed by atoms with E-state index in [4.69, 9.17) is 25.8 Å². The predicted molar refractivity (Wildman–Crippen MR) is 159 cm³/mol. The number of ether oxygens (including phenoxy) is 3. The zero-order chi connectivity index (χ0) is 30.2. The van der Waals surface area contributed by atoms with Crippen LogP contribution < -0.4 is 4.74 Å². The first kappa shape index (κ1) is 28.1. The van der Waals surface area contributed by atoms with Crippen molar-refractivity contribution in [2.75, 3.05) is 26.8 Å². The Balaban J connectivity index is 1.03. The average Bonchev–Trinajstić information content (AvgIpc) is 3.69. The van der Waals surface area contributed by atoms with Crippen LogP contribution in [0.2, 0.25) is 0 Å². The molecule has 0 bridgehead atoms. The molecule has 1 aliphatic carbocycles. The smallest absolute Gasteiger partial charge is 0.337 e. The molecule has 0 radical (unpaired) electrons. The van der Waals surface area contributed by atoms with Gasteiger partial charge in [-0.25, -0.2) is 24.0 Å². The predicted octanol–water partition coefficient (Wildman–Crippen LogP) is 5.21. The van der Waals surface area contributed by atoms with Crippen LogP contribution in [0.25, 0.3) is 21.5 Å². The van der Waals surface area contributed by atoms with Gasteiger partial charge in [0.05, 0.1) is 49.5 Å². The van der Waals surface area contributed by atoms with Gasteiger partial charge in [-0.3, -0.25) is 4.90 Å². The minimum atomic E-state index is -0.471. The number of aromatic nitrogens is 4. The van der Waals surface area contributed by atoms with Crippen molar-refractivity contribution in [2.24, 2.45) is 11.8 Å². The molecular formula is C33H31FN6O4. The van der Waals surface area contributed by atoms with Crippen molar-refractivity contribution >= 4 is 28.3 Å². The molecule has 44 heavy (non-hydrogen) atoms. The Labute approximate surface area is 253 Å². The van der Waals surface area contributed by atoms with Gasteiger partial charge in [0.25, 0.3) is 0 Å². The number of nitrogens with zero attached hydrogens (tertiary/aromatic N) is 6. The highest BCUT2D eigenvalue weighted by molar-refractivity contribution is 5.93. The third-order valence-electron chi connectivity index (χ3n) is 8.72. The lowest BCUT2D eigenvalue weighted by Crippen LogP contribution is -2.32. The highest BCUT2D eigenvalue weighted by Crippen LogP contribution is 2.41. The number of esters is 1. The van der Waals surface area contributed by atoms with Crippen molar-refractivity contribution in [1.29, 1.82) is 0 Å². The molecule has 3 aliphatic rings. The van der Waals surface area contributed by atoms with Crippen LogP contribution in [0, 0.1) is 24.2 Å². The molecule has 0 amide bonds. The fraction of sp³-hybridized carbons (Fsp3) is 0.364. The third kappa shape index (κ3) is 5.54. The van der Waals surface area contributed by atoms with E-state index < -0.39 is 5.82 Å². The maximum atomic E-state index is 14.3. The van der Waals surface area contributed by atoms with Gasteiger partial charge in [0, 0.05) is 37.5 Å². The first-order valence-corrected chi connectivity index (χ1v) is 14.7. The molecule has 2 aromatic heterocycles. The zero-order valence-corrected chi connectivity index (χ0v) is 24.3. The van der Waals surface area contributed by atoms with Gasteiger partial charge in [-0.1, -0.05) is 18.2 Å². The summed E-state index contributed by atoms with van der Waals surface area (Å²) in [6.45, 7) is 11.1. The maximum absolute atomic E-state index is 14.3. The summed E-state index contributed by atoms with van der Waals surface area (Å²) >= 11 is 0. The van der Waals surface area contributed by atoms with Crippen molar-refractivity contribution < 1.29 is 23.4 Å². The molecule has 2 aliphatic heterocycles. The Morgan fingerprint density at radius 3 is 2.82 bits per heavy atom. The second-order valence-electron chi connectivity index (χ2n) is 11.5. The zero-order valence-electron chi connectivity index (χ0n) is 24.3. The number of hydrogen-bond donors (Lipinski definition) is 0. The topological polar surface area (TPSA) is 96.0 Å². The summed E-state index contributed by atoms with van der Waals surface area (Å²) in [6, 6.07) is 11.5. The molecule has 0 saturated carbocycles. The Morgan fingerprint density at radius 2 is 2.07 bits per heavy atom. The van der Waals surface area contributed by atoms with E-state index in [1.165, 1.54) is 13.2 Å². The van der Waals surface area contributed by atoms with E-state index in [9.17, 15) is 9.18 Å². The van der Waals surface area contributed by atoms with Gasteiger partial charge >= 0.3 is 5.97 Å². The number of rotatable bonds is 9. The first-order chi connectivity index (χ1) is 21.5. The van der Waals surface area contributed by atoms with Gasteiger partial charge in [-0.15, -0.1) is 0 Å². The number of benzene rings is 2. The lowest BCUT2D eigenvalue weighted by Gasteiger charge is -2.28. The van der Waals surface area contributed by atoms with Gasteiger partial charge in [-0.2, -0.15) is 4.98 Å². The normalized spacial score (nSPS) is 21.0. The third-order valence-corrected chi connectivity index (χ3v) is 8.72. The van der Waals surface area contributed by atoms with Crippen molar-refractivity contribution in [1.82, 2.24) is 24.4 Å². The lowest BCUT2D eigenvalue weighted by atomic mass is 10.00. The van der Waals surface area contributed by atoms with Crippen LogP contribution in [0.1, 0.15) is 40.4 Å². The van der Waals surface area contributed by atoms with E-state index in [2.05, 4.69) is 30.4 Å². The molecule has 2 fully saturated rings. The molecule has 7 rings (SSSR count). The summed E-state index contributed by atoms with van der Waals surface area (Å²) in [5.41, 5.74) is 4.00. The number of carbonyl (C=O) groups excluding carboxylic acids is 1. The number of methoxy groups -OCH3 is 1. The fourth-order valence-electron chi connectivity index (χ4n) is 6.32. The van der Waals surface area contributed by atoms with Crippen LogP contribution in [0.4, 0.5) is 10.1 Å². The summed E-state index contributed by atoms with van der Waals surface area (Å²) < 4.78 is 32.9. The molecule has 4 aromatic rings. The number of likely N-dealkylation sites (tertiary alicyclic amines) is 1. The molecular weight excluding hydrogens is 563 g/mol. The van der Waals surface area contributed by atoms with Crippen LogP contribution in [0.15, 0.2) is 54.7 Å². The number of allylic oxidation sites excluding steroid dienone is 1. The van der Waals surface area contributed by atoms with E-state index in [1.54, 1.807) is 30.5 Å². The molecule has 4 heterocycles. The second kappa shape index (κ2) is 11.8. The standard InChI is InChI=1S/C33H31FN6O4/c1-35-25-5-3-21(27(34)14-25)19-44-31-7-9-36-32(38-31)22-11-23-15-39(16-24(23)12-22)18-30-37-28-6-4-20(33(41)42-2)13-29(28)40(30)17-26-8-10-43-26/h3-7,9,11,13-14,23-24,26H,8,10,12,15-19H2,2H3/t23?,24?,26-/m0/s1. The van der Waals surface area contributed by atoms with Crippen molar-refractivity contribution in [3.05, 3.63) is 94.7 Å². The Hall–Kier alpha value is -4.66. The van der Waals surface area contributed by atoms with Gasteiger partial charge in [0.2, 0.25) is 5.88 Å². The van der Waals surface area contributed by atoms with Crippen molar-refractivity contribution in [3.8, 4) is 5.88 Å². The number of halogens is 1. The number of carbonyl (C=O) groups is 1. The van der Waals surface area contributed by atoms with Crippen LogP contribution in [-0.4, -0.2) is 63.3 Å². The summed E-state index contributed by atoms with van der Waals surface area (Å²) in [7, 11) is 1.39. The van der Waals surface area contributed by atoms with Crippen molar-refractivity contribution in [3.63, 3.8) is 0 Å². The molecule has 2 unspecified atom stereocenters. The molecule has 2 saturated heterocycles. The number of hydrogen-bond acceptors (Lipinski definition) is 8. The summed E-state index contributed by atoms with van der Waals surface area (Å²) in [6.07, 6.45) is 5.98. The highest BCUT2D eigenvalue weighted by Gasteiger charge is 2.38. The molecule has 10 nitrogen and oxygen atoms in total. The minimum absolute atomic E-state index is 0.0153. The number of fused-ring (bicyclic) bond motifs is 2. The average molecular weight is 595 g/mol. The van der Waals surface area contributed by atoms with Gasteiger partial charge in [0.15, 0.2) is 11.5 Å². The summed E-state index contributed by atoms with van der Waals surface area (Å²) in [5.74, 6) is 1.98. The van der Waals surface area contributed by atoms with Crippen molar-refractivity contribution in [2.45, 2.75) is 38.6 Å². The van der Waals surface area contributed by atoms with Crippen LogP contribution in [-0.2, 0) is 29.2 Å². The van der Waals surface area contributed by atoms with Gasteiger partial charge < -0.3 is 18.8 Å². The molecule has 224 valence electrons.